The molecule has 0 fully saturated rings. The van der Waals surface area contributed by atoms with Gasteiger partial charge in [-0.3, -0.25) is 4.98 Å². The number of H-pyrrole nitrogens is 1. The summed E-state index contributed by atoms with van der Waals surface area (Å²) < 4.78 is 41.7. The molecule has 0 radical (unpaired) electrons. The molecular weight excluding hydrogens is 445 g/mol. The first-order chi connectivity index (χ1) is 16.3. The van der Waals surface area contributed by atoms with Crippen molar-refractivity contribution in [3.8, 4) is 28.4 Å². The number of hydrogen-bond donors (Lipinski definition) is 2. The lowest BCUT2D eigenvalue weighted by Gasteiger charge is -2.09. The van der Waals surface area contributed by atoms with Crippen LogP contribution in [0.1, 0.15) is 5.56 Å². The number of imidazole rings is 1. The van der Waals surface area contributed by atoms with Crippen LogP contribution < -0.4 is 10.1 Å². The Morgan fingerprint density at radius 2 is 1.79 bits per heavy atom. The van der Waals surface area contributed by atoms with E-state index >= 15 is 0 Å². The molecule has 0 bridgehead atoms. The second-order valence-corrected chi connectivity index (χ2v) is 7.48. The number of halogens is 3. The van der Waals surface area contributed by atoms with Gasteiger partial charge in [-0.15, -0.1) is 13.2 Å². The number of aromatic nitrogens is 5. The summed E-state index contributed by atoms with van der Waals surface area (Å²) in [5.41, 5.74) is 5.10. The van der Waals surface area contributed by atoms with Crippen molar-refractivity contribution in [2.45, 2.75) is 13.3 Å². The van der Waals surface area contributed by atoms with Crippen LogP contribution in [0.4, 0.5) is 24.8 Å². The van der Waals surface area contributed by atoms with Gasteiger partial charge in [-0.1, -0.05) is 12.1 Å². The third-order valence-corrected chi connectivity index (χ3v) is 5.03. The van der Waals surface area contributed by atoms with Crippen LogP contribution in [0.3, 0.4) is 0 Å². The maximum Gasteiger partial charge on any atom is 0.573 e. The topological polar surface area (TPSA) is 88.6 Å². The molecule has 0 atom stereocenters. The summed E-state index contributed by atoms with van der Waals surface area (Å²) in [6, 6.07) is 14.9. The van der Waals surface area contributed by atoms with Gasteiger partial charge in [-0.25, -0.2) is 15.0 Å². The molecule has 2 aromatic carbocycles. The average Bonchev–Trinajstić information content (AvgIpc) is 3.22. The van der Waals surface area contributed by atoms with Crippen LogP contribution in [0.25, 0.3) is 33.7 Å². The summed E-state index contributed by atoms with van der Waals surface area (Å²) >= 11 is 0. The van der Waals surface area contributed by atoms with Crippen molar-refractivity contribution in [1.29, 1.82) is 0 Å². The van der Waals surface area contributed by atoms with Gasteiger partial charge in [-0.2, -0.15) is 0 Å². The molecule has 5 rings (SSSR count). The number of benzene rings is 2. The number of alkyl halides is 3. The normalized spacial score (nSPS) is 11.5. The zero-order valence-electron chi connectivity index (χ0n) is 17.8. The predicted octanol–water partition coefficient (Wildman–Crippen LogP) is 6.03. The monoisotopic (exact) mass is 462 g/mol. The number of aromatic amines is 1. The molecule has 34 heavy (non-hydrogen) atoms. The van der Waals surface area contributed by atoms with Crippen molar-refractivity contribution < 1.29 is 17.9 Å². The van der Waals surface area contributed by atoms with E-state index in [0.29, 0.717) is 22.9 Å². The van der Waals surface area contributed by atoms with Crippen molar-refractivity contribution in [1.82, 2.24) is 24.9 Å². The summed E-state index contributed by atoms with van der Waals surface area (Å²) in [6.07, 6.45) is 0.318. The van der Waals surface area contributed by atoms with Gasteiger partial charge < -0.3 is 15.0 Å². The van der Waals surface area contributed by atoms with Crippen molar-refractivity contribution in [3.05, 3.63) is 78.8 Å². The van der Waals surface area contributed by atoms with Crippen LogP contribution in [0.5, 0.6) is 5.75 Å². The maximum atomic E-state index is 12.6. The van der Waals surface area contributed by atoms with E-state index in [1.807, 2.05) is 31.2 Å². The number of ether oxygens (including phenoxy) is 1. The minimum atomic E-state index is -4.76. The Hall–Kier alpha value is -4.47. The minimum Gasteiger partial charge on any atom is -0.406 e. The summed E-state index contributed by atoms with van der Waals surface area (Å²) in [7, 11) is 0. The third kappa shape index (κ3) is 4.65. The number of fused-ring (bicyclic) bond motifs is 1. The van der Waals surface area contributed by atoms with Crippen LogP contribution in [0.15, 0.2) is 73.2 Å². The van der Waals surface area contributed by atoms with Crippen LogP contribution in [0, 0.1) is 6.92 Å². The number of aryl methyl sites for hydroxylation is 1. The summed E-state index contributed by atoms with van der Waals surface area (Å²) in [6.45, 7) is 1.92. The minimum absolute atomic E-state index is 0.311. The molecule has 3 aromatic heterocycles. The quantitative estimate of drug-likeness (QED) is 0.331. The molecule has 170 valence electrons. The van der Waals surface area contributed by atoms with E-state index in [4.69, 9.17) is 0 Å². The van der Waals surface area contributed by atoms with Crippen LogP contribution in [-0.4, -0.2) is 31.3 Å². The fourth-order valence-corrected chi connectivity index (χ4v) is 3.49. The van der Waals surface area contributed by atoms with Gasteiger partial charge in [0.25, 0.3) is 0 Å². The molecule has 0 amide bonds. The number of rotatable bonds is 5. The second kappa shape index (κ2) is 8.47. The van der Waals surface area contributed by atoms with Gasteiger partial charge in [0.05, 0.1) is 16.7 Å². The maximum absolute atomic E-state index is 12.6. The predicted molar refractivity (Wildman–Crippen MR) is 121 cm³/mol. The molecule has 0 saturated heterocycles. The van der Waals surface area contributed by atoms with Gasteiger partial charge in [-0.05, 0) is 55.0 Å². The SMILES string of the molecule is Cc1cc2[nH]c(-c3cccc(OC(F)(F)F)c3)nc2cc1Nc1nccc(-c2cccnc2)n1. The Morgan fingerprint density at radius 1 is 0.941 bits per heavy atom. The number of hydrogen-bond acceptors (Lipinski definition) is 6. The summed E-state index contributed by atoms with van der Waals surface area (Å²) in [5, 5.41) is 3.22. The van der Waals surface area contributed by atoms with Crippen molar-refractivity contribution in [3.63, 3.8) is 0 Å². The zero-order chi connectivity index (χ0) is 23.7. The smallest absolute Gasteiger partial charge is 0.406 e. The standard InChI is InChI=1S/C24H17F3N6O/c1-14-10-20-21(31-22(30-20)15-4-2-6-17(11-15)34-24(25,26)27)12-19(14)33-23-29-9-7-18(32-23)16-5-3-8-28-13-16/h2-13H,1H3,(H,30,31)(H,29,32,33). The Morgan fingerprint density at radius 3 is 2.59 bits per heavy atom. The first kappa shape index (κ1) is 21.4. The fourth-order valence-electron chi connectivity index (χ4n) is 3.49. The highest BCUT2D eigenvalue weighted by Crippen LogP contribution is 2.30. The Balaban J connectivity index is 1.44. The van der Waals surface area contributed by atoms with Gasteiger partial charge in [0.2, 0.25) is 5.95 Å². The highest BCUT2D eigenvalue weighted by atomic mass is 19.4. The Labute approximate surface area is 191 Å². The van der Waals surface area contributed by atoms with E-state index in [2.05, 4.69) is 35.0 Å². The molecule has 5 aromatic rings. The van der Waals surface area contributed by atoms with E-state index in [-0.39, 0.29) is 5.75 Å². The lowest BCUT2D eigenvalue weighted by atomic mass is 10.2. The molecule has 0 saturated carbocycles. The number of nitrogens with one attached hydrogen (secondary N) is 2. The number of pyridine rings is 1. The molecule has 0 spiro atoms. The first-order valence-electron chi connectivity index (χ1n) is 10.2. The highest BCUT2D eigenvalue weighted by Gasteiger charge is 2.31. The van der Waals surface area contributed by atoms with E-state index in [9.17, 15) is 13.2 Å². The largest absolute Gasteiger partial charge is 0.573 e. The molecule has 3 heterocycles. The summed E-state index contributed by atoms with van der Waals surface area (Å²) in [4.78, 5) is 20.7. The average molecular weight is 462 g/mol. The van der Waals surface area contributed by atoms with Crippen LogP contribution in [-0.2, 0) is 0 Å². The van der Waals surface area contributed by atoms with Gasteiger partial charge in [0.15, 0.2) is 0 Å². The van der Waals surface area contributed by atoms with Gasteiger partial charge in [0.1, 0.15) is 11.6 Å². The third-order valence-electron chi connectivity index (χ3n) is 5.03. The summed E-state index contributed by atoms with van der Waals surface area (Å²) in [5.74, 6) is 0.528. The lowest BCUT2D eigenvalue weighted by molar-refractivity contribution is -0.274. The first-order valence-corrected chi connectivity index (χ1v) is 10.2. The molecule has 7 nitrogen and oxygen atoms in total. The number of anilines is 2. The van der Waals surface area contributed by atoms with E-state index in [1.165, 1.54) is 18.2 Å². The zero-order valence-corrected chi connectivity index (χ0v) is 17.8. The van der Waals surface area contributed by atoms with E-state index < -0.39 is 6.36 Å². The molecule has 0 unspecified atom stereocenters. The van der Waals surface area contributed by atoms with Crippen molar-refractivity contribution in [2.24, 2.45) is 0 Å². The lowest BCUT2D eigenvalue weighted by Crippen LogP contribution is -2.17. The molecule has 0 aliphatic carbocycles. The fraction of sp³-hybridized carbons (Fsp3) is 0.0833. The second-order valence-electron chi connectivity index (χ2n) is 7.48. The van der Waals surface area contributed by atoms with Gasteiger partial charge in [0, 0.05) is 35.4 Å². The molecule has 2 N–H and O–H groups in total. The van der Waals surface area contributed by atoms with E-state index in [0.717, 1.165) is 28.0 Å². The van der Waals surface area contributed by atoms with Gasteiger partial charge >= 0.3 is 6.36 Å². The van der Waals surface area contributed by atoms with Crippen LogP contribution >= 0.6 is 0 Å². The van der Waals surface area contributed by atoms with Crippen molar-refractivity contribution >= 4 is 22.7 Å². The number of nitrogens with zero attached hydrogens (tertiary/aromatic N) is 4. The van der Waals surface area contributed by atoms with E-state index in [1.54, 1.807) is 30.7 Å². The van der Waals surface area contributed by atoms with Crippen molar-refractivity contribution in [2.75, 3.05) is 5.32 Å². The van der Waals surface area contributed by atoms with Crippen LogP contribution in [0.2, 0.25) is 0 Å². The highest BCUT2D eigenvalue weighted by molar-refractivity contribution is 5.85. The molecule has 0 aliphatic rings. The molecule has 10 heteroatoms. The Kier molecular flexibility index (Phi) is 5.33. The molecule has 0 aliphatic heterocycles. The Bertz CT molecular complexity index is 1470. The molecular formula is C24H17F3N6O.